The van der Waals surface area contributed by atoms with Gasteiger partial charge in [0.15, 0.2) is 5.78 Å². The smallest absolute Gasteiger partial charge is 0.336 e. The number of allylic oxidation sites excluding steroid dienone is 3. The van der Waals surface area contributed by atoms with Gasteiger partial charge in [-0.05, 0) is 31.7 Å². The Bertz CT molecular complexity index is 1030. The van der Waals surface area contributed by atoms with E-state index in [0.29, 0.717) is 46.9 Å². The maximum Gasteiger partial charge on any atom is 0.336 e. The molecule has 1 aromatic carbocycles. The van der Waals surface area contributed by atoms with Gasteiger partial charge in [0.25, 0.3) is 0 Å². The van der Waals surface area contributed by atoms with E-state index in [1.807, 2.05) is 31.2 Å². The Labute approximate surface area is 206 Å². The Balaban J connectivity index is 2.14. The van der Waals surface area contributed by atoms with Crippen molar-refractivity contribution in [3.8, 4) is 5.75 Å². The zero-order valence-electron chi connectivity index (χ0n) is 21.1. The van der Waals surface area contributed by atoms with E-state index in [2.05, 4.69) is 12.2 Å². The average Bonchev–Trinajstić information content (AvgIpc) is 2.83. The van der Waals surface area contributed by atoms with Crippen molar-refractivity contribution < 1.29 is 33.3 Å². The number of benzene rings is 1. The fourth-order valence-corrected chi connectivity index (χ4v) is 4.73. The van der Waals surface area contributed by atoms with Crippen molar-refractivity contribution in [3.05, 3.63) is 52.4 Å². The van der Waals surface area contributed by atoms with Gasteiger partial charge in [0.1, 0.15) is 18.3 Å². The summed E-state index contributed by atoms with van der Waals surface area (Å²) in [7, 11) is 2.81. The van der Waals surface area contributed by atoms with Crippen LogP contribution in [0.5, 0.6) is 5.75 Å². The van der Waals surface area contributed by atoms with Gasteiger partial charge in [-0.15, -0.1) is 0 Å². The minimum Gasteiger partial charge on any atom is -0.493 e. The summed E-state index contributed by atoms with van der Waals surface area (Å²) >= 11 is 0. The lowest BCUT2D eigenvalue weighted by Crippen LogP contribution is -2.43. The predicted molar refractivity (Wildman–Crippen MR) is 130 cm³/mol. The van der Waals surface area contributed by atoms with Gasteiger partial charge in [0, 0.05) is 29.6 Å². The van der Waals surface area contributed by atoms with Gasteiger partial charge in [-0.3, -0.25) is 9.59 Å². The van der Waals surface area contributed by atoms with E-state index in [1.54, 1.807) is 6.92 Å². The van der Waals surface area contributed by atoms with Crippen LogP contribution in [0.4, 0.5) is 0 Å². The summed E-state index contributed by atoms with van der Waals surface area (Å²) in [5, 5.41) is 3.26. The van der Waals surface area contributed by atoms with Gasteiger partial charge in [-0.2, -0.15) is 0 Å². The van der Waals surface area contributed by atoms with Crippen LogP contribution in [-0.2, 0) is 28.6 Å². The first kappa shape index (κ1) is 26.5. The van der Waals surface area contributed by atoms with Gasteiger partial charge in [-0.1, -0.05) is 38.5 Å². The molecule has 35 heavy (non-hydrogen) atoms. The number of carbonyl (C=O) groups is 3. The quantitative estimate of drug-likeness (QED) is 0.304. The first-order valence-corrected chi connectivity index (χ1v) is 12.1. The van der Waals surface area contributed by atoms with Crippen molar-refractivity contribution >= 4 is 17.7 Å². The lowest BCUT2D eigenvalue weighted by atomic mass is 9.69. The molecule has 0 amide bonds. The molecular formula is C27H35NO7. The molecule has 1 aliphatic carbocycles. The van der Waals surface area contributed by atoms with Crippen LogP contribution >= 0.6 is 0 Å². The summed E-state index contributed by atoms with van der Waals surface area (Å²) in [6.45, 7) is 6.57. The number of carbonyl (C=O) groups excluding carboxylic acids is 3. The molecule has 1 heterocycles. The van der Waals surface area contributed by atoms with E-state index in [9.17, 15) is 14.4 Å². The molecule has 8 heteroatoms. The number of hydrogen-bond donors (Lipinski definition) is 1. The summed E-state index contributed by atoms with van der Waals surface area (Å²) in [6.07, 6.45) is 2.31. The second-order valence-corrected chi connectivity index (χ2v) is 8.90. The molecular weight excluding hydrogens is 450 g/mol. The second kappa shape index (κ2) is 12.0. The normalized spacial score (nSPS) is 21.9. The summed E-state index contributed by atoms with van der Waals surface area (Å²) < 4.78 is 21.5. The van der Waals surface area contributed by atoms with E-state index in [4.69, 9.17) is 18.9 Å². The number of dihydropyridines is 1. The molecule has 1 N–H and O–H groups in total. The molecule has 0 bridgehead atoms. The van der Waals surface area contributed by atoms with Crippen LogP contribution in [0.15, 0.2) is 46.8 Å². The highest BCUT2D eigenvalue weighted by molar-refractivity contribution is 6.12. The van der Waals surface area contributed by atoms with Crippen LogP contribution in [0.1, 0.15) is 51.5 Å². The van der Waals surface area contributed by atoms with Crippen LogP contribution in [0.2, 0.25) is 0 Å². The average molecular weight is 486 g/mol. The summed E-state index contributed by atoms with van der Waals surface area (Å²) in [6, 6.07) is 7.40. The number of rotatable bonds is 10. The van der Waals surface area contributed by atoms with Gasteiger partial charge >= 0.3 is 11.9 Å². The van der Waals surface area contributed by atoms with Crippen molar-refractivity contribution in [1.29, 1.82) is 0 Å². The SMILES string of the molecule is CCCCOc1ccccc1C1C(C(=O)OCCOC)=C(C)NC2=C1C(=O)C(C(=O)OC)C(C)C2. The molecule has 2 aliphatic rings. The number of Topliss-reactive ketones (excluding diaryl/α,β-unsaturated/α-hetero) is 1. The van der Waals surface area contributed by atoms with Crippen LogP contribution in [0.25, 0.3) is 0 Å². The zero-order chi connectivity index (χ0) is 25.5. The van der Waals surface area contributed by atoms with E-state index < -0.39 is 23.8 Å². The molecule has 0 radical (unpaired) electrons. The first-order valence-electron chi connectivity index (χ1n) is 12.1. The maximum absolute atomic E-state index is 13.8. The molecule has 3 atom stereocenters. The third-order valence-corrected chi connectivity index (χ3v) is 6.47. The lowest BCUT2D eigenvalue weighted by molar-refractivity contribution is -0.151. The number of ketones is 1. The van der Waals surface area contributed by atoms with E-state index in [0.717, 1.165) is 12.8 Å². The van der Waals surface area contributed by atoms with E-state index >= 15 is 0 Å². The molecule has 0 spiro atoms. The van der Waals surface area contributed by atoms with Gasteiger partial charge in [-0.25, -0.2) is 4.79 Å². The highest BCUT2D eigenvalue weighted by Crippen LogP contribution is 2.47. The van der Waals surface area contributed by atoms with Crippen LogP contribution < -0.4 is 10.1 Å². The fourth-order valence-electron chi connectivity index (χ4n) is 4.73. The Morgan fingerprint density at radius 2 is 1.86 bits per heavy atom. The molecule has 190 valence electrons. The first-order chi connectivity index (χ1) is 16.8. The monoisotopic (exact) mass is 485 g/mol. The lowest BCUT2D eigenvalue weighted by Gasteiger charge is -2.38. The third-order valence-electron chi connectivity index (χ3n) is 6.47. The number of ether oxygens (including phenoxy) is 4. The molecule has 1 aromatic rings. The predicted octanol–water partition coefficient (Wildman–Crippen LogP) is 3.67. The molecule has 1 aliphatic heterocycles. The summed E-state index contributed by atoms with van der Waals surface area (Å²) in [5.74, 6) is -2.81. The fraction of sp³-hybridized carbons (Fsp3) is 0.519. The third kappa shape index (κ3) is 5.59. The molecule has 3 rings (SSSR count). The van der Waals surface area contributed by atoms with E-state index in [1.165, 1.54) is 14.2 Å². The van der Waals surface area contributed by atoms with Crippen molar-refractivity contribution in [2.45, 2.75) is 46.0 Å². The minimum atomic E-state index is -0.944. The molecule has 0 aromatic heterocycles. The highest BCUT2D eigenvalue weighted by atomic mass is 16.6. The Morgan fingerprint density at radius 3 is 2.54 bits per heavy atom. The molecule has 3 unspecified atom stereocenters. The van der Waals surface area contributed by atoms with Crippen molar-refractivity contribution in [2.24, 2.45) is 11.8 Å². The summed E-state index contributed by atoms with van der Waals surface area (Å²) in [4.78, 5) is 39.7. The zero-order valence-corrected chi connectivity index (χ0v) is 21.1. The Hall–Kier alpha value is -3.13. The van der Waals surface area contributed by atoms with Crippen LogP contribution in [0, 0.1) is 11.8 Å². The van der Waals surface area contributed by atoms with Crippen LogP contribution in [0.3, 0.4) is 0 Å². The second-order valence-electron chi connectivity index (χ2n) is 8.90. The number of unbranched alkanes of at least 4 members (excludes halogenated alkanes) is 1. The van der Waals surface area contributed by atoms with Gasteiger partial charge in [0.2, 0.25) is 0 Å². The van der Waals surface area contributed by atoms with Crippen molar-refractivity contribution in [1.82, 2.24) is 5.32 Å². The number of nitrogens with one attached hydrogen (secondary N) is 1. The van der Waals surface area contributed by atoms with E-state index in [-0.39, 0.29) is 24.9 Å². The number of esters is 2. The number of para-hydroxylation sites is 1. The van der Waals surface area contributed by atoms with Crippen molar-refractivity contribution in [3.63, 3.8) is 0 Å². The molecule has 0 fully saturated rings. The molecule has 0 saturated carbocycles. The topological polar surface area (TPSA) is 100 Å². The van der Waals surface area contributed by atoms with Crippen LogP contribution in [-0.4, -0.2) is 51.8 Å². The Kier molecular flexibility index (Phi) is 9.09. The van der Waals surface area contributed by atoms with Gasteiger partial charge < -0.3 is 24.3 Å². The maximum atomic E-state index is 13.8. The van der Waals surface area contributed by atoms with Crippen molar-refractivity contribution in [2.75, 3.05) is 34.0 Å². The summed E-state index contributed by atoms with van der Waals surface area (Å²) in [5.41, 5.74) is 2.70. The number of hydrogen-bond acceptors (Lipinski definition) is 8. The molecule has 8 nitrogen and oxygen atoms in total. The largest absolute Gasteiger partial charge is 0.493 e. The highest BCUT2D eigenvalue weighted by Gasteiger charge is 2.47. The van der Waals surface area contributed by atoms with Gasteiger partial charge in [0.05, 0.1) is 31.8 Å². The number of methoxy groups -OCH3 is 2. The minimum absolute atomic E-state index is 0.0785. The molecule has 0 saturated heterocycles. The standard InChI is InChI=1S/C27H35NO7/c1-6-7-12-34-20-11-9-8-10-18(20)23-22(27(31)35-14-13-32-4)17(3)28-19-15-16(2)21(26(30)33-5)25(29)24(19)23/h8-11,16,21,23,28H,6-7,12-15H2,1-5H3. The Morgan fingerprint density at radius 1 is 1.11 bits per heavy atom.